The maximum atomic E-state index is 13.3. The summed E-state index contributed by atoms with van der Waals surface area (Å²) in [5.74, 6) is -0.284. The minimum atomic E-state index is -1.98. The van der Waals surface area contributed by atoms with Crippen molar-refractivity contribution < 1.29 is 89.4 Å². The van der Waals surface area contributed by atoms with Gasteiger partial charge in [0, 0.05) is 6.42 Å². The van der Waals surface area contributed by atoms with Crippen LogP contribution in [0.5, 0.6) is 0 Å². The molecule has 19 nitrogen and oxygen atoms in total. The van der Waals surface area contributed by atoms with Gasteiger partial charge in [-0.25, -0.2) is 0 Å². The van der Waals surface area contributed by atoms with Crippen LogP contribution in [0, 0.1) is 0 Å². The van der Waals surface area contributed by atoms with E-state index >= 15 is 0 Å². The molecule has 3 rings (SSSR count). The van der Waals surface area contributed by atoms with Gasteiger partial charge >= 0.3 is 0 Å². The van der Waals surface area contributed by atoms with E-state index in [2.05, 4.69) is 31.3 Å². The summed E-state index contributed by atoms with van der Waals surface area (Å²) in [7, 11) is 0. The predicted molar refractivity (Wildman–Crippen MR) is 291 cm³/mol. The number of amides is 1. The zero-order valence-electron chi connectivity index (χ0n) is 46.9. The van der Waals surface area contributed by atoms with E-state index in [1.165, 1.54) is 135 Å². The Bertz CT molecular complexity index is 1510. The lowest BCUT2D eigenvalue weighted by Gasteiger charge is -2.48. The molecule has 12 N–H and O–H groups in total. The first-order valence-electron chi connectivity index (χ1n) is 30.1. The molecule has 0 aromatic rings. The summed E-state index contributed by atoms with van der Waals surface area (Å²) < 4.78 is 34.2. The average Bonchev–Trinajstić information content (AvgIpc) is 3.45. The number of hydrogen-bond acceptors (Lipinski definition) is 18. The first-order chi connectivity index (χ1) is 37.3. The monoisotopic (exact) mass is 1110 g/mol. The van der Waals surface area contributed by atoms with E-state index in [0.29, 0.717) is 12.8 Å². The molecule has 3 saturated heterocycles. The maximum absolute atomic E-state index is 13.3. The van der Waals surface area contributed by atoms with Crippen LogP contribution in [0.15, 0.2) is 24.3 Å². The lowest BCUT2D eigenvalue weighted by Crippen LogP contribution is -2.66. The zero-order chi connectivity index (χ0) is 56.2. The summed E-state index contributed by atoms with van der Waals surface area (Å²) in [6.07, 6.45) is 15.9. The second-order valence-electron chi connectivity index (χ2n) is 21.8. The summed E-state index contributed by atoms with van der Waals surface area (Å²) in [6, 6.07) is -0.984. The summed E-state index contributed by atoms with van der Waals surface area (Å²) in [4.78, 5) is 13.3. The van der Waals surface area contributed by atoms with Gasteiger partial charge in [0.05, 0.1) is 38.6 Å². The lowest BCUT2D eigenvalue weighted by atomic mass is 9.96. The minimum Gasteiger partial charge on any atom is -0.394 e. The van der Waals surface area contributed by atoms with Crippen molar-refractivity contribution >= 4 is 5.91 Å². The standard InChI is InChI=1S/C58H107NO18/c1-3-5-7-9-11-13-15-17-19-20-22-24-26-28-30-32-34-36-46(64)59-41(42(63)35-33-31-29-27-25-23-21-18-16-14-12-10-8-6-4-2)40-72-56-52(70)49(67)54(44(38-61)74-56)77-58-53(71)50(68)55(45(39-62)75-58)76-57-51(69)48(66)47(65)43(37-60)73-57/h25,27,33,35,41-45,47-58,60-63,65-71H,3-24,26,28-32,34,36-40H2,1-2H3,(H,59,64)/b27-25+,35-33+. The molecule has 0 aliphatic carbocycles. The zero-order valence-corrected chi connectivity index (χ0v) is 46.9. The average molecular weight is 1110 g/mol. The van der Waals surface area contributed by atoms with E-state index in [4.69, 9.17) is 28.4 Å². The smallest absolute Gasteiger partial charge is 0.220 e. The van der Waals surface area contributed by atoms with E-state index in [-0.39, 0.29) is 18.9 Å². The lowest BCUT2D eigenvalue weighted by molar-refractivity contribution is -0.379. The number of ether oxygens (including phenoxy) is 6. The van der Waals surface area contributed by atoms with E-state index in [9.17, 15) is 61.0 Å². The molecule has 3 aliphatic heterocycles. The van der Waals surface area contributed by atoms with Gasteiger partial charge in [-0.05, 0) is 32.1 Å². The van der Waals surface area contributed by atoms with Crippen molar-refractivity contribution in [3.8, 4) is 0 Å². The van der Waals surface area contributed by atoms with Crippen molar-refractivity contribution in [2.45, 2.75) is 311 Å². The van der Waals surface area contributed by atoms with E-state index in [0.717, 1.165) is 38.5 Å². The Kier molecular flexibility index (Phi) is 38.1. The van der Waals surface area contributed by atoms with Crippen molar-refractivity contribution in [2.75, 3.05) is 26.4 Å². The Morgan fingerprint density at radius 3 is 1.30 bits per heavy atom. The molecule has 17 unspecified atom stereocenters. The van der Waals surface area contributed by atoms with Crippen LogP contribution in [-0.2, 0) is 33.2 Å². The third-order valence-corrected chi connectivity index (χ3v) is 15.3. The van der Waals surface area contributed by atoms with Gasteiger partial charge in [0.1, 0.15) is 73.2 Å². The molecule has 0 aromatic carbocycles. The molecule has 0 radical (unpaired) electrons. The van der Waals surface area contributed by atoms with Crippen molar-refractivity contribution in [1.29, 1.82) is 0 Å². The molecular formula is C58H107NO18. The number of allylic oxidation sites excluding steroid dienone is 3. The third-order valence-electron chi connectivity index (χ3n) is 15.3. The molecule has 1 amide bonds. The fourth-order valence-electron chi connectivity index (χ4n) is 10.3. The fraction of sp³-hybridized carbons (Fsp3) is 0.914. The summed E-state index contributed by atoms with van der Waals surface area (Å²) in [6.45, 7) is 1.70. The normalized spacial score (nSPS) is 30.8. The van der Waals surface area contributed by atoms with Crippen LogP contribution in [0.2, 0.25) is 0 Å². The van der Waals surface area contributed by atoms with Crippen molar-refractivity contribution in [1.82, 2.24) is 5.32 Å². The molecule has 0 spiro atoms. The number of aliphatic hydroxyl groups is 11. The van der Waals surface area contributed by atoms with Crippen LogP contribution in [0.4, 0.5) is 0 Å². The molecule has 452 valence electrons. The molecule has 77 heavy (non-hydrogen) atoms. The van der Waals surface area contributed by atoms with Crippen LogP contribution >= 0.6 is 0 Å². The van der Waals surface area contributed by atoms with Crippen LogP contribution in [0.3, 0.4) is 0 Å². The third kappa shape index (κ3) is 26.4. The maximum Gasteiger partial charge on any atom is 0.220 e. The Morgan fingerprint density at radius 2 is 0.831 bits per heavy atom. The molecule has 0 aromatic heterocycles. The van der Waals surface area contributed by atoms with Gasteiger partial charge in [-0.15, -0.1) is 0 Å². The van der Waals surface area contributed by atoms with E-state index in [1.807, 2.05) is 6.08 Å². The number of rotatable bonds is 44. The SMILES string of the molecule is CCCCCCCCCCC/C=C/CC/C=C/C(O)C(COC1OC(CO)C(OC2OC(CO)C(OC3OC(CO)C(O)C(O)C3O)C(O)C2O)C(O)C1O)NC(=O)CCCCCCCCCCCCCCCCCCC. The second kappa shape index (κ2) is 42.1. The molecule has 19 heteroatoms. The van der Waals surface area contributed by atoms with Gasteiger partial charge in [-0.2, -0.15) is 0 Å². The Labute approximate surface area is 460 Å². The summed E-state index contributed by atoms with van der Waals surface area (Å²) in [5, 5.41) is 120. The number of carbonyl (C=O) groups excluding carboxylic acids is 1. The highest BCUT2D eigenvalue weighted by molar-refractivity contribution is 5.76. The van der Waals surface area contributed by atoms with E-state index < -0.39 is 124 Å². The Hall–Kier alpha value is -1.73. The predicted octanol–water partition coefficient (Wildman–Crippen LogP) is 5.15. The Morgan fingerprint density at radius 1 is 0.455 bits per heavy atom. The molecule has 0 bridgehead atoms. The summed E-state index contributed by atoms with van der Waals surface area (Å²) >= 11 is 0. The first-order valence-corrected chi connectivity index (χ1v) is 30.1. The molecule has 0 saturated carbocycles. The highest BCUT2D eigenvalue weighted by Crippen LogP contribution is 2.33. The van der Waals surface area contributed by atoms with E-state index in [1.54, 1.807) is 6.08 Å². The van der Waals surface area contributed by atoms with Crippen LogP contribution < -0.4 is 5.32 Å². The second-order valence-corrected chi connectivity index (χ2v) is 21.8. The number of carbonyl (C=O) groups is 1. The van der Waals surface area contributed by atoms with Gasteiger partial charge in [0.2, 0.25) is 5.91 Å². The molecule has 3 fully saturated rings. The number of nitrogens with one attached hydrogen (secondary N) is 1. The van der Waals surface area contributed by atoms with Gasteiger partial charge in [0.25, 0.3) is 0 Å². The Balaban J connectivity index is 1.52. The van der Waals surface area contributed by atoms with Crippen molar-refractivity contribution in [3.05, 3.63) is 24.3 Å². The molecule has 3 heterocycles. The number of unbranched alkanes of at least 4 members (excludes halogenated alkanes) is 26. The van der Waals surface area contributed by atoms with Crippen molar-refractivity contribution in [2.24, 2.45) is 0 Å². The van der Waals surface area contributed by atoms with Crippen LogP contribution in [0.1, 0.15) is 206 Å². The first kappa shape index (κ1) is 69.5. The fourth-order valence-corrected chi connectivity index (χ4v) is 10.3. The topological polar surface area (TPSA) is 307 Å². The highest BCUT2D eigenvalue weighted by Gasteiger charge is 2.53. The van der Waals surface area contributed by atoms with Gasteiger partial charge in [-0.1, -0.05) is 192 Å². The quantitative estimate of drug-likeness (QED) is 0.0277. The largest absolute Gasteiger partial charge is 0.394 e. The molecular weight excluding hydrogens is 999 g/mol. The van der Waals surface area contributed by atoms with Gasteiger partial charge in [0.15, 0.2) is 18.9 Å². The minimum absolute atomic E-state index is 0.240. The van der Waals surface area contributed by atoms with Crippen LogP contribution in [0.25, 0.3) is 0 Å². The van der Waals surface area contributed by atoms with Crippen LogP contribution in [-0.4, -0.2) is 193 Å². The van der Waals surface area contributed by atoms with Crippen molar-refractivity contribution in [3.63, 3.8) is 0 Å². The van der Waals surface area contributed by atoms with Gasteiger partial charge < -0.3 is 89.9 Å². The highest BCUT2D eigenvalue weighted by atomic mass is 16.8. The molecule has 3 aliphatic rings. The molecule has 17 atom stereocenters. The number of hydrogen-bond donors (Lipinski definition) is 12. The van der Waals surface area contributed by atoms with Gasteiger partial charge in [-0.3, -0.25) is 4.79 Å². The summed E-state index contributed by atoms with van der Waals surface area (Å²) in [5.41, 5.74) is 0. The number of aliphatic hydroxyl groups excluding tert-OH is 11.